The van der Waals surface area contributed by atoms with Crippen LogP contribution < -0.4 is 0 Å². The zero-order valence-corrected chi connectivity index (χ0v) is 29.6. The van der Waals surface area contributed by atoms with Gasteiger partial charge in [-0.15, -0.1) is 0 Å². The Bertz CT molecular complexity index is 662. The van der Waals surface area contributed by atoms with Crippen molar-refractivity contribution in [1.29, 1.82) is 0 Å². The molecule has 0 heterocycles. The van der Waals surface area contributed by atoms with Crippen LogP contribution in [0.3, 0.4) is 0 Å². The normalized spacial score (nSPS) is 11.9. The Kier molecular flexibility index (Phi) is 31.6. The fraction of sp³-hybridized carbons (Fsp3) is 0.921. The van der Waals surface area contributed by atoms with Gasteiger partial charge in [0.15, 0.2) is 6.10 Å². The number of unbranched alkanes of at least 4 members (excludes halogenated alkanes) is 20. The Morgan fingerprint density at radius 1 is 0.432 bits per heavy atom. The Morgan fingerprint density at radius 2 is 0.750 bits per heavy atom. The quantitative estimate of drug-likeness (QED) is 0.0410. The van der Waals surface area contributed by atoms with Crippen LogP contribution in [0, 0.1) is 5.92 Å². The average Bonchev–Trinajstić information content (AvgIpc) is 3.00. The van der Waals surface area contributed by atoms with Crippen LogP contribution in [0.1, 0.15) is 201 Å². The lowest BCUT2D eigenvalue weighted by Gasteiger charge is -2.18. The topological polar surface area (TPSA) is 78.9 Å². The Labute approximate surface area is 272 Å². The van der Waals surface area contributed by atoms with Crippen molar-refractivity contribution >= 4 is 17.9 Å². The summed E-state index contributed by atoms with van der Waals surface area (Å²) in [7, 11) is 0. The van der Waals surface area contributed by atoms with Crippen molar-refractivity contribution in [3.8, 4) is 0 Å². The molecule has 0 amide bonds. The summed E-state index contributed by atoms with van der Waals surface area (Å²) < 4.78 is 16.5. The summed E-state index contributed by atoms with van der Waals surface area (Å²) in [5, 5.41) is 0. The van der Waals surface area contributed by atoms with Crippen molar-refractivity contribution in [2.45, 2.75) is 207 Å². The van der Waals surface area contributed by atoms with E-state index in [4.69, 9.17) is 14.2 Å². The predicted molar refractivity (Wildman–Crippen MR) is 183 cm³/mol. The molecule has 0 aliphatic heterocycles. The zero-order valence-electron chi connectivity index (χ0n) is 29.6. The first kappa shape index (κ1) is 42.4. The fourth-order valence-electron chi connectivity index (χ4n) is 5.39. The monoisotopic (exact) mass is 625 g/mol. The molecule has 0 saturated heterocycles. The maximum atomic E-state index is 12.5. The van der Waals surface area contributed by atoms with Crippen LogP contribution in [0.25, 0.3) is 0 Å². The summed E-state index contributed by atoms with van der Waals surface area (Å²) in [5.74, 6) is -0.101. The van der Waals surface area contributed by atoms with Crippen molar-refractivity contribution in [3.05, 3.63) is 0 Å². The largest absolute Gasteiger partial charge is 0.462 e. The Balaban J connectivity index is 4.29. The molecule has 0 aliphatic rings. The van der Waals surface area contributed by atoms with E-state index in [0.29, 0.717) is 19.3 Å². The number of carbonyl (C=O) groups is 3. The molecule has 0 spiro atoms. The number of rotatable bonds is 33. The van der Waals surface area contributed by atoms with Crippen LogP contribution in [0.5, 0.6) is 0 Å². The molecule has 0 bridgehead atoms. The van der Waals surface area contributed by atoms with Crippen LogP contribution in [0.2, 0.25) is 0 Å². The molecule has 0 aliphatic carbocycles. The first-order valence-electron chi connectivity index (χ1n) is 18.9. The molecular formula is C38H72O6. The molecule has 0 aromatic heterocycles. The van der Waals surface area contributed by atoms with E-state index in [1.165, 1.54) is 89.9 Å². The van der Waals surface area contributed by atoms with Gasteiger partial charge in [-0.05, 0) is 25.2 Å². The van der Waals surface area contributed by atoms with Crippen molar-refractivity contribution in [2.75, 3.05) is 13.2 Å². The molecule has 0 radical (unpaired) electrons. The summed E-state index contributed by atoms with van der Waals surface area (Å²) in [4.78, 5) is 37.1. The van der Waals surface area contributed by atoms with E-state index in [2.05, 4.69) is 27.7 Å². The van der Waals surface area contributed by atoms with E-state index in [-0.39, 0.29) is 31.1 Å². The van der Waals surface area contributed by atoms with Crippen molar-refractivity contribution < 1.29 is 28.6 Å². The standard InChI is InChI=1S/C38H72O6/c1-5-7-9-11-12-13-14-15-18-23-27-31-38(41)44-35(32-42-36(39)29-25-20-10-8-6-2)33-43-37(40)30-26-22-19-16-17-21-24-28-34(3)4/h34-35H,5-33H2,1-4H3/t35-/m1/s1. The van der Waals surface area contributed by atoms with Gasteiger partial charge >= 0.3 is 17.9 Å². The first-order chi connectivity index (χ1) is 21.4. The summed E-state index contributed by atoms with van der Waals surface area (Å²) in [6.07, 6.45) is 28.3. The van der Waals surface area contributed by atoms with Gasteiger partial charge in [0, 0.05) is 19.3 Å². The molecular weight excluding hydrogens is 552 g/mol. The molecule has 6 nitrogen and oxygen atoms in total. The van der Waals surface area contributed by atoms with Crippen LogP contribution >= 0.6 is 0 Å². The molecule has 44 heavy (non-hydrogen) atoms. The smallest absolute Gasteiger partial charge is 0.306 e. The lowest BCUT2D eigenvalue weighted by atomic mass is 10.0. The van der Waals surface area contributed by atoms with Crippen LogP contribution in [0.15, 0.2) is 0 Å². The van der Waals surface area contributed by atoms with E-state index < -0.39 is 6.10 Å². The number of hydrogen-bond acceptors (Lipinski definition) is 6. The molecule has 0 fully saturated rings. The van der Waals surface area contributed by atoms with E-state index in [1.807, 2.05) is 0 Å². The van der Waals surface area contributed by atoms with E-state index in [1.54, 1.807) is 0 Å². The lowest BCUT2D eigenvalue weighted by molar-refractivity contribution is -0.167. The summed E-state index contributed by atoms with van der Waals surface area (Å²) in [6, 6.07) is 0. The molecule has 0 rings (SSSR count). The minimum Gasteiger partial charge on any atom is -0.462 e. The maximum absolute atomic E-state index is 12.5. The SMILES string of the molecule is CCCCCCCCCCCCCC(=O)O[C@H](COC(=O)CCCCCCC)COC(=O)CCCCCCCCCC(C)C. The predicted octanol–water partition coefficient (Wildman–Crippen LogP) is 11.2. The second kappa shape index (κ2) is 32.8. The highest BCUT2D eigenvalue weighted by atomic mass is 16.6. The first-order valence-corrected chi connectivity index (χ1v) is 18.9. The van der Waals surface area contributed by atoms with Crippen molar-refractivity contribution in [2.24, 2.45) is 5.92 Å². The third-order valence-electron chi connectivity index (χ3n) is 8.29. The number of carbonyl (C=O) groups excluding carboxylic acids is 3. The van der Waals surface area contributed by atoms with Gasteiger partial charge in [-0.3, -0.25) is 14.4 Å². The van der Waals surface area contributed by atoms with Gasteiger partial charge < -0.3 is 14.2 Å². The Hall–Kier alpha value is -1.59. The summed E-state index contributed by atoms with van der Waals surface area (Å²) in [5.41, 5.74) is 0. The fourth-order valence-corrected chi connectivity index (χ4v) is 5.39. The lowest BCUT2D eigenvalue weighted by Crippen LogP contribution is -2.30. The highest BCUT2D eigenvalue weighted by Crippen LogP contribution is 2.15. The highest BCUT2D eigenvalue weighted by Gasteiger charge is 2.19. The molecule has 0 aromatic carbocycles. The molecule has 0 aromatic rings. The van der Waals surface area contributed by atoms with Crippen LogP contribution in [-0.4, -0.2) is 37.2 Å². The summed E-state index contributed by atoms with van der Waals surface area (Å²) in [6.45, 7) is 8.82. The van der Waals surface area contributed by atoms with Gasteiger partial charge in [-0.2, -0.15) is 0 Å². The third-order valence-corrected chi connectivity index (χ3v) is 8.29. The second-order valence-electron chi connectivity index (χ2n) is 13.3. The zero-order chi connectivity index (χ0) is 32.5. The second-order valence-corrected chi connectivity index (χ2v) is 13.3. The van der Waals surface area contributed by atoms with E-state index in [9.17, 15) is 14.4 Å². The summed E-state index contributed by atoms with van der Waals surface area (Å²) >= 11 is 0. The van der Waals surface area contributed by atoms with Gasteiger partial charge in [0.05, 0.1) is 0 Å². The maximum Gasteiger partial charge on any atom is 0.306 e. The van der Waals surface area contributed by atoms with Crippen molar-refractivity contribution in [1.82, 2.24) is 0 Å². The minimum atomic E-state index is -0.756. The third kappa shape index (κ3) is 31.8. The highest BCUT2D eigenvalue weighted by molar-refractivity contribution is 5.71. The van der Waals surface area contributed by atoms with Gasteiger partial charge in [0.1, 0.15) is 13.2 Å². The number of ether oxygens (including phenoxy) is 3. The Morgan fingerprint density at radius 3 is 1.11 bits per heavy atom. The average molecular weight is 625 g/mol. The van der Waals surface area contributed by atoms with Gasteiger partial charge in [0.25, 0.3) is 0 Å². The molecule has 0 saturated carbocycles. The molecule has 0 N–H and O–H groups in total. The van der Waals surface area contributed by atoms with Crippen molar-refractivity contribution in [3.63, 3.8) is 0 Å². The van der Waals surface area contributed by atoms with Gasteiger partial charge in [-0.25, -0.2) is 0 Å². The van der Waals surface area contributed by atoms with Gasteiger partial charge in [0.2, 0.25) is 0 Å². The molecule has 6 heteroatoms. The van der Waals surface area contributed by atoms with E-state index in [0.717, 1.165) is 70.1 Å². The van der Waals surface area contributed by atoms with Crippen LogP contribution in [0.4, 0.5) is 0 Å². The van der Waals surface area contributed by atoms with E-state index >= 15 is 0 Å². The van der Waals surface area contributed by atoms with Crippen LogP contribution in [-0.2, 0) is 28.6 Å². The molecule has 1 atom stereocenters. The van der Waals surface area contributed by atoms with Gasteiger partial charge in [-0.1, -0.05) is 163 Å². The minimum absolute atomic E-state index is 0.0670. The number of esters is 3. The number of hydrogen-bond donors (Lipinski definition) is 0. The molecule has 260 valence electrons. The molecule has 0 unspecified atom stereocenters.